The number of hydrogen-bond donors (Lipinski definition) is 1. The fourth-order valence-corrected chi connectivity index (χ4v) is 2.37. The molecule has 1 aliphatic heterocycles. The third-order valence-electron chi connectivity index (χ3n) is 3.32. The van der Waals surface area contributed by atoms with Crippen molar-refractivity contribution >= 4 is 10.8 Å². The Kier molecular flexibility index (Phi) is 2.88. The van der Waals surface area contributed by atoms with Crippen molar-refractivity contribution in [3.63, 3.8) is 0 Å². The number of ether oxygens (including phenoxy) is 1. The van der Waals surface area contributed by atoms with Crippen LogP contribution in [0.5, 0.6) is 5.75 Å². The highest BCUT2D eigenvalue weighted by atomic mass is 19.3. The molecular weight excluding hydrogens is 236 g/mol. The molecule has 0 amide bonds. The molecule has 0 bridgehead atoms. The minimum atomic E-state index is -2.79. The average molecular weight is 249 g/mol. The van der Waals surface area contributed by atoms with Crippen LogP contribution in [0, 0.1) is 0 Å². The first-order valence-electron chi connectivity index (χ1n) is 5.95. The second-order valence-corrected chi connectivity index (χ2v) is 4.37. The predicted molar refractivity (Wildman–Crippen MR) is 65.9 cm³/mol. The Morgan fingerprint density at radius 1 is 1.17 bits per heavy atom. The topological polar surface area (TPSA) is 21.3 Å². The van der Waals surface area contributed by atoms with Crippen LogP contribution >= 0.6 is 0 Å². The monoisotopic (exact) mass is 249 g/mol. The number of alkyl halides is 2. The molecule has 0 radical (unpaired) electrons. The Labute approximate surface area is 104 Å². The summed E-state index contributed by atoms with van der Waals surface area (Å²) in [5.74, 6) is 0.279. The van der Waals surface area contributed by atoms with E-state index in [0.29, 0.717) is 0 Å². The van der Waals surface area contributed by atoms with Crippen molar-refractivity contribution in [3.8, 4) is 5.75 Å². The van der Waals surface area contributed by atoms with Crippen LogP contribution < -0.4 is 10.1 Å². The SMILES string of the molecule is FC(F)Oc1ccc2ccccc2c1[C@H]1CCN1. The van der Waals surface area contributed by atoms with Crippen LogP contribution in [0.1, 0.15) is 18.0 Å². The summed E-state index contributed by atoms with van der Waals surface area (Å²) in [6.45, 7) is -1.87. The minimum Gasteiger partial charge on any atom is -0.434 e. The van der Waals surface area contributed by atoms with Gasteiger partial charge in [0.15, 0.2) is 0 Å². The van der Waals surface area contributed by atoms with Crippen LogP contribution in [-0.2, 0) is 0 Å². The second-order valence-electron chi connectivity index (χ2n) is 4.37. The summed E-state index contributed by atoms with van der Waals surface area (Å²) < 4.78 is 29.5. The number of benzene rings is 2. The number of hydrogen-bond acceptors (Lipinski definition) is 2. The molecule has 1 aliphatic rings. The summed E-state index contributed by atoms with van der Waals surface area (Å²) in [7, 11) is 0. The third-order valence-corrected chi connectivity index (χ3v) is 3.32. The lowest BCUT2D eigenvalue weighted by molar-refractivity contribution is -0.0507. The normalized spacial score (nSPS) is 18.9. The van der Waals surface area contributed by atoms with Crippen LogP contribution in [0.25, 0.3) is 10.8 Å². The van der Waals surface area contributed by atoms with Gasteiger partial charge in [0.05, 0.1) is 0 Å². The zero-order chi connectivity index (χ0) is 12.5. The van der Waals surface area contributed by atoms with Crippen molar-refractivity contribution in [2.75, 3.05) is 6.54 Å². The third kappa shape index (κ3) is 1.93. The first kappa shape index (κ1) is 11.4. The quantitative estimate of drug-likeness (QED) is 0.899. The van der Waals surface area contributed by atoms with Gasteiger partial charge in [0.25, 0.3) is 0 Å². The maximum atomic E-state index is 12.4. The summed E-state index contributed by atoms with van der Waals surface area (Å²) in [5.41, 5.74) is 0.847. The van der Waals surface area contributed by atoms with Crippen molar-refractivity contribution in [2.45, 2.75) is 19.1 Å². The minimum absolute atomic E-state index is 0.116. The highest BCUT2D eigenvalue weighted by Gasteiger charge is 2.25. The molecule has 0 aromatic heterocycles. The highest BCUT2D eigenvalue weighted by Crippen LogP contribution is 2.37. The molecular formula is C14H13F2NO. The van der Waals surface area contributed by atoms with Gasteiger partial charge in [-0.2, -0.15) is 8.78 Å². The maximum Gasteiger partial charge on any atom is 0.387 e. The van der Waals surface area contributed by atoms with E-state index in [9.17, 15) is 8.78 Å². The molecule has 1 saturated heterocycles. The molecule has 2 nitrogen and oxygen atoms in total. The lowest BCUT2D eigenvalue weighted by atomic mass is 9.92. The van der Waals surface area contributed by atoms with Crippen LogP contribution in [0.4, 0.5) is 8.78 Å². The number of fused-ring (bicyclic) bond motifs is 1. The van der Waals surface area contributed by atoms with E-state index in [0.717, 1.165) is 29.3 Å². The molecule has 1 atom stereocenters. The van der Waals surface area contributed by atoms with Crippen LogP contribution in [-0.4, -0.2) is 13.2 Å². The van der Waals surface area contributed by atoms with E-state index in [-0.39, 0.29) is 11.8 Å². The van der Waals surface area contributed by atoms with Crippen LogP contribution in [0.15, 0.2) is 36.4 Å². The van der Waals surface area contributed by atoms with Crippen molar-refractivity contribution in [1.82, 2.24) is 5.32 Å². The van der Waals surface area contributed by atoms with Crippen molar-refractivity contribution in [3.05, 3.63) is 42.0 Å². The van der Waals surface area contributed by atoms with E-state index >= 15 is 0 Å². The molecule has 2 aromatic carbocycles. The summed E-state index contributed by atoms with van der Waals surface area (Å²) in [5, 5.41) is 5.27. The smallest absolute Gasteiger partial charge is 0.387 e. The zero-order valence-electron chi connectivity index (χ0n) is 9.70. The number of nitrogens with one attached hydrogen (secondary N) is 1. The van der Waals surface area contributed by atoms with Crippen molar-refractivity contribution in [2.24, 2.45) is 0 Å². The Balaban J connectivity index is 2.15. The van der Waals surface area contributed by atoms with E-state index in [1.54, 1.807) is 6.07 Å². The Morgan fingerprint density at radius 3 is 2.61 bits per heavy atom. The second kappa shape index (κ2) is 4.53. The molecule has 0 saturated carbocycles. The van der Waals surface area contributed by atoms with Gasteiger partial charge in [-0.3, -0.25) is 0 Å². The molecule has 1 N–H and O–H groups in total. The van der Waals surface area contributed by atoms with Gasteiger partial charge in [0.2, 0.25) is 0 Å². The Bertz CT molecular complexity index is 567. The molecule has 94 valence electrons. The van der Waals surface area contributed by atoms with E-state index in [4.69, 9.17) is 0 Å². The van der Waals surface area contributed by atoms with E-state index < -0.39 is 6.61 Å². The molecule has 1 fully saturated rings. The fraction of sp³-hybridized carbons (Fsp3) is 0.286. The summed E-state index contributed by atoms with van der Waals surface area (Å²) in [4.78, 5) is 0. The molecule has 18 heavy (non-hydrogen) atoms. The standard InChI is InChI=1S/C14H13F2NO/c15-14(16)18-12-6-5-9-3-1-2-4-10(9)13(12)11-7-8-17-11/h1-6,11,14,17H,7-8H2/t11-/m1/s1. The number of halogens is 2. The maximum absolute atomic E-state index is 12.4. The lowest BCUT2D eigenvalue weighted by Crippen LogP contribution is -2.35. The van der Waals surface area contributed by atoms with Crippen molar-refractivity contribution in [1.29, 1.82) is 0 Å². The Morgan fingerprint density at radius 2 is 1.94 bits per heavy atom. The lowest BCUT2D eigenvalue weighted by Gasteiger charge is -2.30. The molecule has 0 spiro atoms. The van der Waals surface area contributed by atoms with Gasteiger partial charge in [-0.05, 0) is 29.8 Å². The van der Waals surface area contributed by atoms with Crippen LogP contribution in [0.3, 0.4) is 0 Å². The molecule has 2 aromatic rings. The summed E-state index contributed by atoms with van der Waals surface area (Å²) >= 11 is 0. The first-order chi connectivity index (χ1) is 8.75. The van der Waals surface area contributed by atoms with E-state index in [1.165, 1.54) is 0 Å². The summed E-state index contributed by atoms with van der Waals surface area (Å²) in [6.07, 6.45) is 0.952. The van der Waals surface area contributed by atoms with Gasteiger partial charge in [-0.25, -0.2) is 0 Å². The van der Waals surface area contributed by atoms with Gasteiger partial charge in [0.1, 0.15) is 5.75 Å². The summed E-state index contributed by atoms with van der Waals surface area (Å²) in [6, 6.07) is 11.3. The average Bonchev–Trinajstić information content (AvgIpc) is 2.29. The molecule has 4 heteroatoms. The first-order valence-corrected chi connectivity index (χ1v) is 5.95. The fourth-order valence-electron chi connectivity index (χ4n) is 2.37. The van der Waals surface area contributed by atoms with Gasteiger partial charge in [0, 0.05) is 11.6 Å². The molecule has 1 heterocycles. The highest BCUT2D eigenvalue weighted by molar-refractivity contribution is 5.88. The van der Waals surface area contributed by atoms with E-state index in [1.807, 2.05) is 30.3 Å². The Hall–Kier alpha value is -1.68. The molecule has 3 rings (SSSR count). The van der Waals surface area contributed by atoms with Gasteiger partial charge < -0.3 is 10.1 Å². The zero-order valence-corrected chi connectivity index (χ0v) is 9.70. The molecule has 0 unspecified atom stereocenters. The van der Waals surface area contributed by atoms with Crippen LogP contribution in [0.2, 0.25) is 0 Å². The van der Waals surface area contributed by atoms with Gasteiger partial charge >= 0.3 is 6.61 Å². The molecule has 0 aliphatic carbocycles. The predicted octanol–water partition coefficient (Wildman–Crippen LogP) is 3.48. The van der Waals surface area contributed by atoms with Crippen molar-refractivity contribution < 1.29 is 13.5 Å². The van der Waals surface area contributed by atoms with Gasteiger partial charge in [-0.15, -0.1) is 0 Å². The largest absolute Gasteiger partial charge is 0.434 e. The van der Waals surface area contributed by atoms with Gasteiger partial charge in [-0.1, -0.05) is 30.3 Å². The number of rotatable bonds is 3. The van der Waals surface area contributed by atoms with E-state index in [2.05, 4.69) is 10.1 Å².